The molecule has 0 saturated carbocycles. The molecule has 2 aromatic carbocycles. The van der Waals surface area contributed by atoms with Crippen molar-refractivity contribution in [1.29, 1.82) is 0 Å². The average Bonchev–Trinajstić information content (AvgIpc) is 3.01. The Bertz CT molecular complexity index is 1150. The van der Waals surface area contributed by atoms with E-state index in [-0.39, 0.29) is 5.56 Å². The van der Waals surface area contributed by atoms with Gasteiger partial charge in [0.2, 0.25) is 0 Å². The lowest BCUT2D eigenvalue weighted by molar-refractivity contribution is 0.415. The van der Waals surface area contributed by atoms with Crippen LogP contribution >= 0.6 is 0 Å². The molecular formula is C19H16N4O2. The van der Waals surface area contributed by atoms with Crippen LogP contribution in [0.3, 0.4) is 0 Å². The predicted molar refractivity (Wildman–Crippen MR) is 98.6 cm³/mol. The maximum atomic E-state index is 12.7. The van der Waals surface area contributed by atoms with Gasteiger partial charge in [-0.05, 0) is 24.6 Å². The molecular weight excluding hydrogens is 316 g/mol. The highest BCUT2D eigenvalue weighted by atomic mass is 16.5. The summed E-state index contributed by atoms with van der Waals surface area (Å²) < 4.78 is 6.45. The van der Waals surface area contributed by atoms with Crippen LogP contribution in [0.1, 0.15) is 11.1 Å². The minimum atomic E-state index is -0.247. The minimum Gasteiger partial charge on any atom is -0.497 e. The van der Waals surface area contributed by atoms with Crippen molar-refractivity contribution in [3.05, 3.63) is 70.3 Å². The smallest absolute Gasteiger partial charge is 0.298 e. The van der Waals surface area contributed by atoms with Crippen LogP contribution in [0.4, 0.5) is 0 Å². The van der Waals surface area contributed by atoms with Gasteiger partial charge in [0.25, 0.3) is 5.56 Å². The zero-order chi connectivity index (χ0) is 17.4. The maximum Gasteiger partial charge on any atom is 0.298 e. The van der Waals surface area contributed by atoms with E-state index in [1.807, 2.05) is 49.4 Å². The number of rotatable bonds is 3. The van der Waals surface area contributed by atoms with Gasteiger partial charge in [-0.2, -0.15) is 9.78 Å². The zero-order valence-corrected chi connectivity index (χ0v) is 13.9. The summed E-state index contributed by atoms with van der Waals surface area (Å²) in [6.07, 6.45) is 3.08. The number of hydrogen-bond donors (Lipinski definition) is 1. The molecule has 0 aliphatic rings. The van der Waals surface area contributed by atoms with Gasteiger partial charge < -0.3 is 9.72 Å². The zero-order valence-electron chi connectivity index (χ0n) is 13.9. The maximum absolute atomic E-state index is 12.7. The van der Waals surface area contributed by atoms with Crippen LogP contribution in [-0.2, 0) is 0 Å². The first-order valence-corrected chi connectivity index (χ1v) is 7.84. The highest BCUT2D eigenvalue weighted by molar-refractivity contribution is 6.04. The molecule has 0 radical (unpaired) electrons. The molecule has 1 N–H and O–H groups in total. The first kappa shape index (κ1) is 15.1. The van der Waals surface area contributed by atoms with Crippen molar-refractivity contribution in [1.82, 2.24) is 14.6 Å². The van der Waals surface area contributed by atoms with E-state index >= 15 is 0 Å². The molecule has 0 aliphatic carbocycles. The van der Waals surface area contributed by atoms with Crippen molar-refractivity contribution < 1.29 is 4.74 Å². The molecule has 25 heavy (non-hydrogen) atoms. The van der Waals surface area contributed by atoms with Crippen LogP contribution in [0.15, 0.2) is 58.7 Å². The molecule has 4 aromatic rings. The topological polar surface area (TPSA) is 72.3 Å². The second-order valence-corrected chi connectivity index (χ2v) is 5.81. The van der Waals surface area contributed by atoms with E-state index in [1.165, 1.54) is 16.6 Å². The Balaban J connectivity index is 1.80. The second-order valence-electron chi connectivity index (χ2n) is 5.81. The fourth-order valence-corrected chi connectivity index (χ4v) is 2.72. The quantitative estimate of drug-likeness (QED) is 0.586. The van der Waals surface area contributed by atoms with Crippen molar-refractivity contribution in [3.8, 4) is 5.75 Å². The Morgan fingerprint density at radius 3 is 2.76 bits per heavy atom. The van der Waals surface area contributed by atoms with Crippen LogP contribution < -0.4 is 10.3 Å². The fraction of sp³-hybridized carbons (Fsp3) is 0.105. The number of aromatic nitrogens is 3. The van der Waals surface area contributed by atoms with Crippen LogP contribution in [0.5, 0.6) is 5.75 Å². The first-order chi connectivity index (χ1) is 12.2. The molecule has 0 aliphatic heterocycles. The third-order valence-electron chi connectivity index (χ3n) is 4.11. The number of aryl methyl sites for hydroxylation is 1. The monoisotopic (exact) mass is 332 g/mol. The highest BCUT2D eigenvalue weighted by Crippen LogP contribution is 2.25. The number of ether oxygens (including phenoxy) is 1. The van der Waals surface area contributed by atoms with Gasteiger partial charge in [0.15, 0.2) is 0 Å². The summed E-state index contributed by atoms with van der Waals surface area (Å²) in [6, 6.07) is 13.5. The van der Waals surface area contributed by atoms with E-state index in [9.17, 15) is 4.79 Å². The number of aromatic amines is 1. The minimum absolute atomic E-state index is 0.247. The number of nitrogens with one attached hydrogen (secondary N) is 1. The van der Waals surface area contributed by atoms with Gasteiger partial charge in [-0.3, -0.25) is 4.79 Å². The second kappa shape index (κ2) is 5.90. The van der Waals surface area contributed by atoms with E-state index < -0.39 is 0 Å². The van der Waals surface area contributed by atoms with Crippen LogP contribution in [0.2, 0.25) is 0 Å². The molecule has 6 nitrogen and oxygen atoms in total. The van der Waals surface area contributed by atoms with Gasteiger partial charge in [0, 0.05) is 11.5 Å². The third kappa shape index (κ3) is 2.67. The normalized spacial score (nSPS) is 11.6. The molecule has 2 heterocycles. The van der Waals surface area contributed by atoms with Gasteiger partial charge in [-0.1, -0.05) is 29.8 Å². The van der Waals surface area contributed by atoms with E-state index in [4.69, 9.17) is 4.74 Å². The fourth-order valence-electron chi connectivity index (χ4n) is 2.72. The summed E-state index contributed by atoms with van der Waals surface area (Å²) in [4.78, 5) is 20.2. The van der Waals surface area contributed by atoms with E-state index in [1.54, 1.807) is 13.3 Å². The SMILES string of the molecule is COc1ccc2c(c1)[nH]c1c(=O)n(/N=C\c3ccc(C)cc3)cnc12. The summed E-state index contributed by atoms with van der Waals surface area (Å²) in [5.41, 5.74) is 3.70. The van der Waals surface area contributed by atoms with E-state index in [2.05, 4.69) is 15.1 Å². The molecule has 0 unspecified atom stereocenters. The highest BCUT2D eigenvalue weighted by Gasteiger charge is 2.11. The largest absolute Gasteiger partial charge is 0.497 e. The van der Waals surface area contributed by atoms with E-state index in [0.29, 0.717) is 11.0 Å². The predicted octanol–water partition coefficient (Wildman–Crippen LogP) is 3.08. The molecule has 0 bridgehead atoms. The molecule has 0 atom stereocenters. The summed E-state index contributed by atoms with van der Waals surface area (Å²) >= 11 is 0. The van der Waals surface area contributed by atoms with Crippen molar-refractivity contribution in [2.24, 2.45) is 5.10 Å². The summed E-state index contributed by atoms with van der Waals surface area (Å²) in [5.74, 6) is 0.719. The molecule has 2 aromatic heterocycles. The third-order valence-corrected chi connectivity index (χ3v) is 4.11. The van der Waals surface area contributed by atoms with Gasteiger partial charge in [-0.15, -0.1) is 0 Å². The Labute approximate surface area is 143 Å². The lowest BCUT2D eigenvalue weighted by Gasteiger charge is -1.98. The summed E-state index contributed by atoms with van der Waals surface area (Å²) in [7, 11) is 1.61. The number of H-pyrrole nitrogens is 1. The van der Waals surface area contributed by atoms with Gasteiger partial charge in [0.05, 0.1) is 18.8 Å². The first-order valence-electron chi connectivity index (χ1n) is 7.84. The molecule has 0 saturated heterocycles. The molecule has 6 heteroatoms. The van der Waals surface area contributed by atoms with E-state index in [0.717, 1.165) is 22.2 Å². The number of methoxy groups -OCH3 is 1. The van der Waals surface area contributed by atoms with Crippen LogP contribution in [0.25, 0.3) is 21.9 Å². The average molecular weight is 332 g/mol. The van der Waals surface area contributed by atoms with Crippen LogP contribution in [-0.4, -0.2) is 28.0 Å². The Hall–Kier alpha value is -3.41. The van der Waals surface area contributed by atoms with Gasteiger partial charge in [-0.25, -0.2) is 4.98 Å². The molecule has 0 fully saturated rings. The summed E-state index contributed by atoms with van der Waals surface area (Å²) in [5, 5.41) is 5.11. The van der Waals surface area contributed by atoms with Gasteiger partial charge >= 0.3 is 0 Å². The Kier molecular flexibility index (Phi) is 3.57. The summed E-state index contributed by atoms with van der Waals surface area (Å²) in [6.45, 7) is 2.02. The van der Waals surface area contributed by atoms with Crippen molar-refractivity contribution in [3.63, 3.8) is 0 Å². The van der Waals surface area contributed by atoms with Crippen molar-refractivity contribution in [2.45, 2.75) is 6.92 Å². The number of benzene rings is 2. The van der Waals surface area contributed by atoms with Gasteiger partial charge in [0.1, 0.15) is 23.1 Å². The molecule has 4 rings (SSSR count). The molecule has 0 amide bonds. The Morgan fingerprint density at radius 1 is 1.20 bits per heavy atom. The number of hydrogen-bond acceptors (Lipinski definition) is 4. The lowest BCUT2D eigenvalue weighted by atomic mass is 10.2. The van der Waals surface area contributed by atoms with Crippen molar-refractivity contribution >= 4 is 28.2 Å². The lowest BCUT2D eigenvalue weighted by Crippen LogP contribution is -2.17. The number of nitrogens with zero attached hydrogens (tertiary/aromatic N) is 3. The Morgan fingerprint density at radius 2 is 2.00 bits per heavy atom. The number of fused-ring (bicyclic) bond motifs is 3. The molecule has 0 spiro atoms. The van der Waals surface area contributed by atoms with Crippen molar-refractivity contribution in [2.75, 3.05) is 7.11 Å². The van der Waals surface area contributed by atoms with Crippen LogP contribution in [0, 0.1) is 6.92 Å². The standard InChI is InChI=1S/C19H16N4O2/c1-12-3-5-13(6-4-12)10-21-23-11-20-17-15-8-7-14(25-2)9-16(15)22-18(17)19(23)24/h3-11,22H,1-2H3/b21-10-. The molecule has 124 valence electrons.